The molecule has 0 aliphatic carbocycles. The first kappa shape index (κ1) is 44.2. The van der Waals surface area contributed by atoms with Crippen molar-refractivity contribution in [2.45, 2.75) is 101 Å². The Kier molecular flexibility index (Phi) is 28.4. The molecule has 1 aromatic rings. The largest absolute Gasteiger partial charge is 0.463 e. The summed E-state index contributed by atoms with van der Waals surface area (Å²) in [6.07, 6.45) is 4.10. The lowest BCUT2D eigenvalue weighted by Crippen LogP contribution is -2.27. The normalized spacial score (nSPS) is 12.1. The summed E-state index contributed by atoms with van der Waals surface area (Å²) in [4.78, 5) is 44.2. The zero-order chi connectivity index (χ0) is 33.8. The lowest BCUT2D eigenvalue weighted by atomic mass is 9.91. The summed E-state index contributed by atoms with van der Waals surface area (Å²) in [7, 11) is 1.60. The van der Waals surface area contributed by atoms with Crippen LogP contribution in [-0.2, 0) is 49.5 Å². The highest BCUT2D eigenvalue weighted by Gasteiger charge is 2.26. The highest BCUT2D eigenvalue weighted by atomic mass is 16.6. The fraction of sp³-hybridized carbons (Fsp3) is 0.647. The van der Waals surface area contributed by atoms with E-state index in [1.54, 1.807) is 13.2 Å². The van der Waals surface area contributed by atoms with Gasteiger partial charge in [0.05, 0.1) is 23.4 Å². The van der Waals surface area contributed by atoms with Crippen molar-refractivity contribution in [1.29, 1.82) is 0 Å². The van der Waals surface area contributed by atoms with Crippen LogP contribution in [0.5, 0.6) is 0 Å². The summed E-state index contributed by atoms with van der Waals surface area (Å²) >= 11 is 0. The number of carbonyl (C=O) groups excluding carboxylic acids is 4. The molecule has 0 N–H and O–H groups in total. The smallest absolute Gasteiger partial charge is 0.311 e. The summed E-state index contributed by atoms with van der Waals surface area (Å²) < 4.78 is 24.6. The fourth-order valence-electron chi connectivity index (χ4n) is 2.27. The van der Waals surface area contributed by atoms with Gasteiger partial charge in [0.2, 0.25) is 0 Å². The fourth-order valence-corrected chi connectivity index (χ4v) is 2.27. The SMILES string of the molecule is C=CC.CCC(C)(C)C(=O)OCCOC(C)=O.CCC(C)C(=O)OCC(C)OC.CCC(C)C(=O)OCc1ccccc1. The molecule has 3 atom stereocenters. The Labute approximate surface area is 260 Å². The van der Waals surface area contributed by atoms with Crippen molar-refractivity contribution in [2.24, 2.45) is 17.3 Å². The molecule has 0 saturated carbocycles. The molecule has 0 amide bonds. The minimum absolute atomic E-state index is 0.00119. The molecule has 0 heterocycles. The molecule has 0 aliphatic rings. The lowest BCUT2D eigenvalue weighted by molar-refractivity contribution is -0.158. The Morgan fingerprint density at radius 2 is 1.30 bits per heavy atom. The Hall–Kier alpha value is -3.20. The van der Waals surface area contributed by atoms with E-state index < -0.39 is 5.41 Å². The van der Waals surface area contributed by atoms with Crippen LogP contribution in [0.4, 0.5) is 0 Å². The predicted molar refractivity (Wildman–Crippen MR) is 170 cm³/mol. The second-order valence-electron chi connectivity index (χ2n) is 10.5. The number of carbonyl (C=O) groups is 4. The summed E-state index contributed by atoms with van der Waals surface area (Å²) in [6.45, 7) is 22.7. The molecule has 0 aliphatic heterocycles. The van der Waals surface area contributed by atoms with Crippen LogP contribution in [0.1, 0.15) is 94.1 Å². The van der Waals surface area contributed by atoms with E-state index >= 15 is 0 Å². The first-order valence-corrected chi connectivity index (χ1v) is 14.9. The van der Waals surface area contributed by atoms with Gasteiger partial charge in [0.15, 0.2) is 0 Å². The molecule has 9 heteroatoms. The van der Waals surface area contributed by atoms with Crippen molar-refractivity contribution >= 4 is 23.9 Å². The molecular weight excluding hydrogens is 552 g/mol. The number of hydrogen-bond acceptors (Lipinski definition) is 9. The van der Waals surface area contributed by atoms with Gasteiger partial charge in [-0.25, -0.2) is 0 Å². The molecule has 3 unspecified atom stereocenters. The van der Waals surface area contributed by atoms with E-state index in [2.05, 4.69) is 11.3 Å². The quantitative estimate of drug-likeness (QED) is 0.0941. The number of hydrogen-bond donors (Lipinski definition) is 0. The third-order valence-electron chi connectivity index (χ3n) is 6.17. The molecule has 0 spiro atoms. The van der Waals surface area contributed by atoms with Gasteiger partial charge < -0.3 is 23.7 Å². The predicted octanol–water partition coefficient (Wildman–Crippen LogP) is 7.11. The number of rotatable bonds is 14. The molecule has 43 heavy (non-hydrogen) atoms. The molecule has 0 aromatic heterocycles. The van der Waals surface area contributed by atoms with Gasteiger partial charge in [0.25, 0.3) is 0 Å². The first-order chi connectivity index (χ1) is 20.2. The molecule has 0 fully saturated rings. The average molecular weight is 611 g/mol. The van der Waals surface area contributed by atoms with Gasteiger partial charge in [0.1, 0.15) is 26.4 Å². The molecule has 0 radical (unpaired) electrons. The molecule has 0 saturated heterocycles. The van der Waals surface area contributed by atoms with E-state index in [1.165, 1.54) is 6.92 Å². The van der Waals surface area contributed by atoms with Crippen molar-refractivity contribution in [3.63, 3.8) is 0 Å². The highest BCUT2D eigenvalue weighted by molar-refractivity contribution is 5.75. The van der Waals surface area contributed by atoms with Crippen LogP contribution in [0.2, 0.25) is 0 Å². The number of allylic oxidation sites excluding steroid dienone is 1. The van der Waals surface area contributed by atoms with E-state index in [0.717, 1.165) is 24.8 Å². The average Bonchev–Trinajstić information content (AvgIpc) is 3.00. The molecule has 9 nitrogen and oxygen atoms in total. The van der Waals surface area contributed by atoms with Crippen LogP contribution in [0.3, 0.4) is 0 Å². The maximum Gasteiger partial charge on any atom is 0.311 e. The van der Waals surface area contributed by atoms with Gasteiger partial charge in [-0.2, -0.15) is 0 Å². The summed E-state index contributed by atoms with van der Waals surface area (Å²) in [5.74, 6) is -0.881. The second kappa shape index (κ2) is 27.6. The Balaban J connectivity index is -0.000000534. The maximum absolute atomic E-state index is 11.4. The zero-order valence-electron chi connectivity index (χ0n) is 28.5. The van der Waals surface area contributed by atoms with Crippen LogP contribution in [-0.4, -0.2) is 56.9 Å². The minimum atomic E-state index is -0.462. The van der Waals surface area contributed by atoms with Crippen LogP contribution >= 0.6 is 0 Å². The third kappa shape index (κ3) is 26.2. The van der Waals surface area contributed by atoms with Gasteiger partial charge in [-0.15, -0.1) is 6.58 Å². The first-order valence-electron chi connectivity index (χ1n) is 14.9. The molecular formula is C34H58O9. The number of benzene rings is 1. The van der Waals surface area contributed by atoms with E-state index in [1.807, 2.05) is 92.6 Å². The Morgan fingerprint density at radius 1 is 0.837 bits per heavy atom. The third-order valence-corrected chi connectivity index (χ3v) is 6.17. The Morgan fingerprint density at radius 3 is 1.72 bits per heavy atom. The second-order valence-corrected chi connectivity index (χ2v) is 10.5. The minimum Gasteiger partial charge on any atom is -0.463 e. The van der Waals surface area contributed by atoms with Crippen LogP contribution < -0.4 is 0 Å². The van der Waals surface area contributed by atoms with E-state index in [0.29, 0.717) is 13.2 Å². The molecule has 1 aromatic carbocycles. The summed E-state index contributed by atoms with van der Waals surface area (Å²) in [5, 5.41) is 0. The van der Waals surface area contributed by atoms with E-state index in [4.69, 9.17) is 18.9 Å². The van der Waals surface area contributed by atoms with Gasteiger partial charge >= 0.3 is 23.9 Å². The van der Waals surface area contributed by atoms with E-state index in [-0.39, 0.29) is 55.0 Å². The topological polar surface area (TPSA) is 114 Å². The molecule has 248 valence electrons. The number of ether oxygens (including phenoxy) is 5. The monoisotopic (exact) mass is 610 g/mol. The van der Waals surface area contributed by atoms with Crippen LogP contribution in [0.15, 0.2) is 43.0 Å². The number of esters is 4. The molecule has 0 bridgehead atoms. The highest BCUT2D eigenvalue weighted by Crippen LogP contribution is 2.21. The maximum atomic E-state index is 11.4. The van der Waals surface area contributed by atoms with Gasteiger partial charge in [0, 0.05) is 14.0 Å². The van der Waals surface area contributed by atoms with Crippen molar-refractivity contribution in [2.75, 3.05) is 26.9 Å². The molecule has 1 rings (SSSR count). The van der Waals surface area contributed by atoms with Crippen molar-refractivity contribution in [1.82, 2.24) is 0 Å². The van der Waals surface area contributed by atoms with Crippen LogP contribution in [0.25, 0.3) is 0 Å². The van der Waals surface area contributed by atoms with Crippen LogP contribution in [0, 0.1) is 17.3 Å². The standard InChI is InChI=1S/C12H16O2.C10H18O4.C9H18O3.C3H6/c1-3-10(2)12(13)14-9-11-7-5-4-6-8-11;1-5-10(3,4)9(12)14-7-6-13-8(2)11;1-5-7(2)9(10)12-6-8(3)11-4;1-3-2/h4-8,10H,3,9H2,1-2H3;5-7H2,1-4H3;7-8H,5-6H2,1-4H3;3H,1H2,2H3. The lowest BCUT2D eigenvalue weighted by Gasteiger charge is -2.20. The Bertz CT molecular complexity index is 881. The van der Waals surface area contributed by atoms with Gasteiger partial charge in [-0.05, 0) is 52.5 Å². The van der Waals surface area contributed by atoms with Crippen molar-refractivity contribution in [3.8, 4) is 0 Å². The summed E-state index contributed by atoms with van der Waals surface area (Å²) in [5.41, 5.74) is 0.570. The van der Waals surface area contributed by atoms with Gasteiger partial charge in [-0.1, -0.05) is 71.0 Å². The number of methoxy groups -OCH3 is 1. The van der Waals surface area contributed by atoms with Crippen molar-refractivity contribution < 1.29 is 42.9 Å². The van der Waals surface area contributed by atoms with Gasteiger partial charge in [-0.3, -0.25) is 19.2 Å². The van der Waals surface area contributed by atoms with Crippen molar-refractivity contribution in [3.05, 3.63) is 48.6 Å². The zero-order valence-corrected chi connectivity index (χ0v) is 28.5. The summed E-state index contributed by atoms with van der Waals surface area (Å²) in [6, 6.07) is 9.71. The van der Waals surface area contributed by atoms with E-state index in [9.17, 15) is 19.2 Å².